The second kappa shape index (κ2) is 5.20. The van der Waals surface area contributed by atoms with Gasteiger partial charge >= 0.3 is 0 Å². The third-order valence-electron chi connectivity index (χ3n) is 2.85. The number of nitrogens with one attached hydrogen (secondary N) is 2. The molecule has 1 aromatic heterocycles. The Balaban J connectivity index is 1.71. The van der Waals surface area contributed by atoms with Crippen molar-refractivity contribution in [3.05, 3.63) is 29.8 Å². The fraction of sp³-hybridized carbons (Fsp3) is 0.308. The quantitative estimate of drug-likeness (QED) is 0.886. The van der Waals surface area contributed by atoms with Gasteiger partial charge in [0.15, 0.2) is 11.5 Å². The predicted molar refractivity (Wildman–Crippen MR) is 70.9 cm³/mol. The molecule has 1 aliphatic heterocycles. The Kier molecular flexibility index (Phi) is 3.24. The number of ether oxygens (including phenoxy) is 2. The molecule has 0 spiro atoms. The molecule has 3 rings (SSSR count). The first-order chi connectivity index (χ1) is 9.76. The molecule has 0 unspecified atom stereocenters. The molecule has 1 amide bonds. The van der Waals surface area contributed by atoms with E-state index in [4.69, 9.17) is 9.47 Å². The lowest BCUT2D eigenvalue weighted by Gasteiger charge is -2.03. The van der Waals surface area contributed by atoms with E-state index in [1.807, 2.05) is 6.92 Å². The van der Waals surface area contributed by atoms with Crippen LogP contribution < -0.4 is 14.8 Å². The van der Waals surface area contributed by atoms with Crippen LogP contribution in [0.3, 0.4) is 0 Å². The molecule has 0 saturated heterocycles. The number of aromatic nitrogens is 3. The molecule has 7 heteroatoms. The number of hydrogen-bond acceptors (Lipinski definition) is 5. The van der Waals surface area contributed by atoms with E-state index in [-0.39, 0.29) is 18.5 Å². The Morgan fingerprint density at radius 1 is 1.40 bits per heavy atom. The molecule has 2 heterocycles. The summed E-state index contributed by atoms with van der Waals surface area (Å²) in [6, 6.07) is 5.20. The molecule has 0 radical (unpaired) electrons. The maximum Gasteiger partial charge on any atom is 0.295 e. The summed E-state index contributed by atoms with van der Waals surface area (Å²) in [6.45, 7) is 2.24. The van der Waals surface area contributed by atoms with Crippen molar-refractivity contribution in [2.24, 2.45) is 0 Å². The van der Waals surface area contributed by atoms with Gasteiger partial charge < -0.3 is 14.8 Å². The SMILES string of the molecule is CCCc1nc(C(=O)Nc2ccc3c(c2)OCO3)n[nH]1. The van der Waals surface area contributed by atoms with Crippen LogP contribution in [0.4, 0.5) is 5.69 Å². The number of aryl methyl sites for hydroxylation is 1. The van der Waals surface area contributed by atoms with Crippen LogP contribution >= 0.6 is 0 Å². The van der Waals surface area contributed by atoms with Gasteiger partial charge in [-0.05, 0) is 18.6 Å². The van der Waals surface area contributed by atoms with Crippen molar-refractivity contribution in [2.45, 2.75) is 19.8 Å². The molecule has 1 aliphatic rings. The predicted octanol–water partition coefficient (Wildman–Crippen LogP) is 1.74. The van der Waals surface area contributed by atoms with Crippen LogP contribution in [0.1, 0.15) is 29.8 Å². The smallest absolute Gasteiger partial charge is 0.295 e. The van der Waals surface area contributed by atoms with Crippen molar-refractivity contribution >= 4 is 11.6 Å². The van der Waals surface area contributed by atoms with E-state index in [0.29, 0.717) is 23.0 Å². The van der Waals surface area contributed by atoms with Gasteiger partial charge in [-0.3, -0.25) is 9.89 Å². The number of benzene rings is 1. The number of rotatable bonds is 4. The number of nitrogens with zero attached hydrogens (tertiary/aromatic N) is 2. The first kappa shape index (κ1) is 12.5. The number of amides is 1. The summed E-state index contributed by atoms with van der Waals surface area (Å²) < 4.78 is 10.5. The Labute approximate surface area is 115 Å². The first-order valence-electron chi connectivity index (χ1n) is 6.38. The van der Waals surface area contributed by atoms with Gasteiger partial charge in [-0.1, -0.05) is 6.92 Å². The van der Waals surface area contributed by atoms with Gasteiger partial charge in [-0.15, -0.1) is 5.10 Å². The maximum atomic E-state index is 12.0. The zero-order valence-electron chi connectivity index (χ0n) is 11.0. The summed E-state index contributed by atoms with van der Waals surface area (Å²) in [5, 5.41) is 9.37. The molecule has 0 saturated carbocycles. The van der Waals surface area contributed by atoms with Crippen molar-refractivity contribution in [2.75, 3.05) is 12.1 Å². The van der Waals surface area contributed by atoms with Crippen molar-refractivity contribution in [3.63, 3.8) is 0 Å². The lowest BCUT2D eigenvalue weighted by Crippen LogP contribution is -2.13. The van der Waals surface area contributed by atoms with Gasteiger partial charge in [0.2, 0.25) is 12.6 Å². The summed E-state index contributed by atoms with van der Waals surface area (Å²) in [6.07, 6.45) is 1.71. The van der Waals surface area contributed by atoms with E-state index in [1.165, 1.54) is 0 Å². The van der Waals surface area contributed by atoms with Crippen molar-refractivity contribution in [3.8, 4) is 11.5 Å². The zero-order valence-corrected chi connectivity index (χ0v) is 11.0. The van der Waals surface area contributed by atoms with Crippen LogP contribution in [0.15, 0.2) is 18.2 Å². The van der Waals surface area contributed by atoms with Crippen LogP contribution in [-0.2, 0) is 6.42 Å². The summed E-state index contributed by atoms with van der Waals surface area (Å²) in [5.41, 5.74) is 0.612. The number of H-pyrrole nitrogens is 1. The fourth-order valence-electron chi connectivity index (χ4n) is 1.91. The average molecular weight is 274 g/mol. The molecule has 20 heavy (non-hydrogen) atoms. The van der Waals surface area contributed by atoms with Crippen LogP contribution in [0.2, 0.25) is 0 Å². The molecule has 2 N–H and O–H groups in total. The zero-order chi connectivity index (χ0) is 13.9. The highest BCUT2D eigenvalue weighted by atomic mass is 16.7. The summed E-state index contributed by atoms with van der Waals surface area (Å²) >= 11 is 0. The van der Waals surface area contributed by atoms with E-state index in [1.54, 1.807) is 18.2 Å². The van der Waals surface area contributed by atoms with Gasteiger partial charge in [0.25, 0.3) is 5.91 Å². The molecule has 7 nitrogen and oxygen atoms in total. The van der Waals surface area contributed by atoms with E-state index in [0.717, 1.165) is 12.8 Å². The van der Waals surface area contributed by atoms with Crippen molar-refractivity contribution in [1.29, 1.82) is 0 Å². The minimum absolute atomic E-state index is 0.131. The van der Waals surface area contributed by atoms with E-state index >= 15 is 0 Å². The van der Waals surface area contributed by atoms with Gasteiger partial charge in [-0.2, -0.15) is 0 Å². The molecule has 0 fully saturated rings. The Morgan fingerprint density at radius 3 is 3.10 bits per heavy atom. The molecule has 0 aliphatic carbocycles. The maximum absolute atomic E-state index is 12.0. The highest BCUT2D eigenvalue weighted by Gasteiger charge is 2.16. The standard InChI is InChI=1S/C13H14N4O3/c1-2-3-11-15-12(17-16-11)13(18)14-8-4-5-9-10(6-8)20-7-19-9/h4-6H,2-3,7H2,1H3,(H,14,18)(H,15,16,17). The van der Waals surface area contributed by atoms with E-state index in [2.05, 4.69) is 20.5 Å². The lowest BCUT2D eigenvalue weighted by atomic mass is 10.2. The third kappa shape index (κ3) is 2.42. The highest BCUT2D eigenvalue weighted by molar-refractivity contribution is 6.01. The van der Waals surface area contributed by atoms with Gasteiger partial charge in [0, 0.05) is 18.2 Å². The van der Waals surface area contributed by atoms with Crippen LogP contribution in [0.25, 0.3) is 0 Å². The van der Waals surface area contributed by atoms with Crippen LogP contribution in [0.5, 0.6) is 11.5 Å². The fourth-order valence-corrected chi connectivity index (χ4v) is 1.91. The molecular weight excluding hydrogens is 260 g/mol. The van der Waals surface area contributed by atoms with E-state index < -0.39 is 0 Å². The van der Waals surface area contributed by atoms with Crippen molar-refractivity contribution in [1.82, 2.24) is 15.2 Å². The van der Waals surface area contributed by atoms with Gasteiger partial charge in [0.1, 0.15) is 5.82 Å². The highest BCUT2D eigenvalue weighted by Crippen LogP contribution is 2.34. The minimum Gasteiger partial charge on any atom is -0.454 e. The molecule has 2 aromatic rings. The van der Waals surface area contributed by atoms with Gasteiger partial charge in [-0.25, -0.2) is 4.98 Å². The summed E-state index contributed by atoms with van der Waals surface area (Å²) in [4.78, 5) is 16.1. The number of anilines is 1. The molecule has 1 aromatic carbocycles. The lowest BCUT2D eigenvalue weighted by molar-refractivity contribution is 0.101. The Hall–Kier alpha value is -2.57. The third-order valence-corrected chi connectivity index (χ3v) is 2.85. The van der Waals surface area contributed by atoms with Crippen LogP contribution in [0, 0.1) is 0 Å². The largest absolute Gasteiger partial charge is 0.454 e. The van der Waals surface area contributed by atoms with Crippen LogP contribution in [-0.4, -0.2) is 27.9 Å². The van der Waals surface area contributed by atoms with Crippen molar-refractivity contribution < 1.29 is 14.3 Å². The normalized spacial score (nSPS) is 12.4. The molecule has 0 atom stereocenters. The molecular formula is C13H14N4O3. The number of fused-ring (bicyclic) bond motifs is 1. The minimum atomic E-state index is -0.359. The average Bonchev–Trinajstić information content (AvgIpc) is 3.07. The Bertz CT molecular complexity index is 638. The summed E-state index contributed by atoms with van der Waals surface area (Å²) in [7, 11) is 0. The number of carbonyl (C=O) groups excluding carboxylic acids is 1. The Morgan fingerprint density at radius 2 is 2.25 bits per heavy atom. The first-order valence-corrected chi connectivity index (χ1v) is 6.38. The molecule has 104 valence electrons. The summed E-state index contributed by atoms with van der Waals surface area (Å²) in [5.74, 6) is 1.77. The monoisotopic (exact) mass is 274 g/mol. The number of carbonyl (C=O) groups is 1. The second-order valence-electron chi connectivity index (χ2n) is 4.38. The number of aromatic amines is 1. The topological polar surface area (TPSA) is 89.1 Å². The number of hydrogen-bond donors (Lipinski definition) is 2. The molecule has 0 bridgehead atoms. The second-order valence-corrected chi connectivity index (χ2v) is 4.38. The van der Waals surface area contributed by atoms with E-state index in [9.17, 15) is 4.79 Å². The van der Waals surface area contributed by atoms with Gasteiger partial charge in [0.05, 0.1) is 0 Å².